The van der Waals surface area contributed by atoms with Gasteiger partial charge in [0.25, 0.3) is 0 Å². The van der Waals surface area contributed by atoms with Crippen molar-refractivity contribution in [1.82, 2.24) is 5.32 Å². The van der Waals surface area contributed by atoms with E-state index in [0.717, 1.165) is 12.8 Å². The molecule has 19 heavy (non-hydrogen) atoms. The zero-order valence-corrected chi connectivity index (χ0v) is 12.1. The number of hydrogen-bond donors (Lipinski definition) is 2. The average Bonchev–Trinajstić information content (AvgIpc) is 2.35. The molecule has 2 unspecified atom stereocenters. The monoisotopic (exact) mass is 266 g/mol. The Kier molecular flexibility index (Phi) is 5.80. The number of amides is 1. The fourth-order valence-electron chi connectivity index (χ4n) is 1.94. The molecule has 0 heterocycles. The van der Waals surface area contributed by atoms with Crippen molar-refractivity contribution < 1.29 is 9.18 Å². The van der Waals surface area contributed by atoms with Crippen LogP contribution in [0.1, 0.15) is 39.2 Å². The Morgan fingerprint density at radius 1 is 1.37 bits per heavy atom. The Balaban J connectivity index is 2.61. The third-order valence-electron chi connectivity index (χ3n) is 3.14. The van der Waals surface area contributed by atoms with Crippen LogP contribution in [-0.4, -0.2) is 18.0 Å². The predicted octanol–water partition coefficient (Wildman–Crippen LogP) is 3.24. The first kappa shape index (κ1) is 15.5. The number of carbonyl (C=O) groups excluding carboxylic acids is 1. The number of carbonyl (C=O) groups is 1. The van der Waals surface area contributed by atoms with E-state index in [9.17, 15) is 9.18 Å². The highest BCUT2D eigenvalue weighted by Gasteiger charge is 2.15. The van der Waals surface area contributed by atoms with Gasteiger partial charge in [-0.05, 0) is 39.3 Å². The Labute approximate surface area is 114 Å². The van der Waals surface area contributed by atoms with Crippen LogP contribution < -0.4 is 10.6 Å². The van der Waals surface area contributed by atoms with Gasteiger partial charge in [0, 0.05) is 17.3 Å². The van der Waals surface area contributed by atoms with Crippen LogP contribution in [0.5, 0.6) is 0 Å². The molecule has 0 saturated heterocycles. The second kappa shape index (κ2) is 7.12. The van der Waals surface area contributed by atoms with Gasteiger partial charge in [-0.1, -0.05) is 19.4 Å². The summed E-state index contributed by atoms with van der Waals surface area (Å²) in [7, 11) is 0. The number of rotatable bonds is 6. The molecular formula is C15H23FN2O. The Hall–Kier alpha value is -1.58. The second-order valence-corrected chi connectivity index (χ2v) is 4.98. The van der Waals surface area contributed by atoms with E-state index in [0.29, 0.717) is 11.3 Å². The van der Waals surface area contributed by atoms with Crippen molar-refractivity contribution in [3.8, 4) is 0 Å². The van der Waals surface area contributed by atoms with Gasteiger partial charge in [0.05, 0.1) is 0 Å². The smallest absolute Gasteiger partial charge is 0.242 e. The lowest BCUT2D eigenvalue weighted by Crippen LogP contribution is -2.42. The van der Waals surface area contributed by atoms with Crippen molar-refractivity contribution >= 4 is 11.6 Å². The maximum Gasteiger partial charge on any atom is 0.242 e. The lowest BCUT2D eigenvalue weighted by molar-refractivity contribution is -0.122. The Bertz CT molecular complexity index is 434. The van der Waals surface area contributed by atoms with Crippen LogP contribution in [0.2, 0.25) is 0 Å². The first-order valence-corrected chi connectivity index (χ1v) is 6.77. The molecule has 0 bridgehead atoms. The van der Waals surface area contributed by atoms with Crippen molar-refractivity contribution in [3.05, 3.63) is 29.6 Å². The lowest BCUT2D eigenvalue weighted by Gasteiger charge is -2.20. The highest BCUT2D eigenvalue weighted by atomic mass is 19.1. The van der Waals surface area contributed by atoms with Gasteiger partial charge < -0.3 is 10.6 Å². The minimum absolute atomic E-state index is 0.0652. The molecule has 1 aromatic carbocycles. The van der Waals surface area contributed by atoms with Crippen molar-refractivity contribution in [3.63, 3.8) is 0 Å². The molecule has 0 spiro atoms. The molecule has 4 heteroatoms. The summed E-state index contributed by atoms with van der Waals surface area (Å²) >= 11 is 0. The van der Waals surface area contributed by atoms with E-state index in [1.807, 2.05) is 6.92 Å². The fraction of sp³-hybridized carbons (Fsp3) is 0.533. The molecule has 3 nitrogen and oxygen atoms in total. The molecule has 1 aromatic rings. The summed E-state index contributed by atoms with van der Waals surface area (Å²) in [4.78, 5) is 12.0. The van der Waals surface area contributed by atoms with E-state index in [-0.39, 0.29) is 23.8 Å². The first-order valence-electron chi connectivity index (χ1n) is 6.77. The van der Waals surface area contributed by atoms with Gasteiger partial charge in [-0.25, -0.2) is 4.39 Å². The van der Waals surface area contributed by atoms with Gasteiger partial charge in [0.2, 0.25) is 5.91 Å². The molecule has 2 N–H and O–H groups in total. The summed E-state index contributed by atoms with van der Waals surface area (Å²) in [6.45, 7) is 7.54. The number of anilines is 1. The van der Waals surface area contributed by atoms with Crippen LogP contribution in [0.4, 0.5) is 10.1 Å². The molecule has 0 aromatic heterocycles. The van der Waals surface area contributed by atoms with Crippen LogP contribution in [0.3, 0.4) is 0 Å². The largest absolute Gasteiger partial charge is 0.374 e. The van der Waals surface area contributed by atoms with Crippen molar-refractivity contribution in [2.24, 2.45) is 0 Å². The Morgan fingerprint density at radius 3 is 2.68 bits per heavy atom. The number of hydrogen-bond acceptors (Lipinski definition) is 2. The van der Waals surface area contributed by atoms with Gasteiger partial charge in [0.1, 0.15) is 11.9 Å². The molecule has 0 aliphatic carbocycles. The van der Waals surface area contributed by atoms with E-state index in [2.05, 4.69) is 17.6 Å². The molecule has 0 saturated carbocycles. The van der Waals surface area contributed by atoms with Crippen LogP contribution in [0.25, 0.3) is 0 Å². The first-order chi connectivity index (χ1) is 8.95. The van der Waals surface area contributed by atoms with E-state index in [4.69, 9.17) is 0 Å². The highest BCUT2D eigenvalue weighted by Crippen LogP contribution is 2.18. The quantitative estimate of drug-likeness (QED) is 0.830. The van der Waals surface area contributed by atoms with Gasteiger partial charge in [-0.15, -0.1) is 0 Å². The summed E-state index contributed by atoms with van der Waals surface area (Å²) in [6, 6.07) is 4.59. The molecule has 106 valence electrons. The molecule has 1 amide bonds. The van der Waals surface area contributed by atoms with Crippen LogP contribution >= 0.6 is 0 Å². The zero-order valence-electron chi connectivity index (χ0n) is 12.1. The zero-order chi connectivity index (χ0) is 14.4. The molecule has 0 radical (unpaired) electrons. The lowest BCUT2D eigenvalue weighted by atomic mass is 10.1. The number of halogens is 1. The minimum Gasteiger partial charge on any atom is -0.374 e. The maximum atomic E-state index is 13.4. The van der Waals surface area contributed by atoms with Gasteiger partial charge >= 0.3 is 0 Å². The SMILES string of the molecule is CCCC(C)NC(=O)C(C)Nc1cccc(F)c1C. The standard InChI is InChI=1S/C15H23FN2O/c1-5-7-10(2)17-15(19)12(4)18-14-9-6-8-13(16)11(14)3/h6,8-10,12,18H,5,7H2,1-4H3,(H,17,19). The normalized spacial score (nSPS) is 13.7. The van der Waals surface area contributed by atoms with E-state index in [1.54, 1.807) is 26.0 Å². The number of nitrogens with one attached hydrogen (secondary N) is 2. The molecular weight excluding hydrogens is 243 g/mol. The minimum atomic E-state index is -0.389. The molecule has 0 fully saturated rings. The maximum absolute atomic E-state index is 13.4. The van der Waals surface area contributed by atoms with Gasteiger partial charge in [-0.2, -0.15) is 0 Å². The summed E-state index contributed by atoms with van der Waals surface area (Å²) in [6.07, 6.45) is 1.99. The van der Waals surface area contributed by atoms with Crippen LogP contribution in [0.15, 0.2) is 18.2 Å². The average molecular weight is 266 g/mol. The second-order valence-electron chi connectivity index (χ2n) is 4.98. The van der Waals surface area contributed by atoms with Gasteiger partial charge in [-0.3, -0.25) is 4.79 Å². The van der Waals surface area contributed by atoms with Crippen LogP contribution in [-0.2, 0) is 4.79 Å². The topological polar surface area (TPSA) is 41.1 Å². The third-order valence-corrected chi connectivity index (χ3v) is 3.14. The van der Waals surface area contributed by atoms with Crippen molar-refractivity contribution in [1.29, 1.82) is 0 Å². The van der Waals surface area contributed by atoms with Crippen molar-refractivity contribution in [2.75, 3.05) is 5.32 Å². The Morgan fingerprint density at radius 2 is 2.05 bits per heavy atom. The van der Waals surface area contributed by atoms with E-state index >= 15 is 0 Å². The number of benzene rings is 1. The summed E-state index contributed by atoms with van der Waals surface area (Å²) in [5.41, 5.74) is 1.19. The van der Waals surface area contributed by atoms with E-state index in [1.165, 1.54) is 6.07 Å². The van der Waals surface area contributed by atoms with Gasteiger partial charge in [0.15, 0.2) is 0 Å². The summed E-state index contributed by atoms with van der Waals surface area (Å²) < 4.78 is 13.4. The highest BCUT2D eigenvalue weighted by molar-refractivity contribution is 5.84. The fourth-order valence-corrected chi connectivity index (χ4v) is 1.94. The van der Waals surface area contributed by atoms with Crippen molar-refractivity contribution in [2.45, 2.75) is 52.6 Å². The molecule has 2 atom stereocenters. The molecule has 0 aliphatic heterocycles. The predicted molar refractivity (Wildman–Crippen MR) is 76.7 cm³/mol. The van der Waals surface area contributed by atoms with Crippen LogP contribution in [0, 0.1) is 12.7 Å². The summed E-state index contributed by atoms with van der Waals surface area (Å²) in [5.74, 6) is -0.332. The summed E-state index contributed by atoms with van der Waals surface area (Å²) in [5, 5.41) is 5.99. The third kappa shape index (κ3) is 4.54. The van der Waals surface area contributed by atoms with E-state index < -0.39 is 0 Å². The molecule has 0 aliphatic rings. The molecule has 1 rings (SSSR count).